The molecular weight excluding hydrogens is 366 g/mol. The minimum absolute atomic E-state index is 0.0210. The van der Waals surface area contributed by atoms with Crippen LogP contribution in [0, 0.1) is 0 Å². The Morgan fingerprint density at radius 1 is 1.07 bits per heavy atom. The molecule has 0 spiro atoms. The first kappa shape index (κ1) is 18.7. The number of carbonyl (C=O) groups is 1. The van der Waals surface area contributed by atoms with Crippen molar-refractivity contribution in [2.75, 3.05) is 11.9 Å². The highest BCUT2D eigenvalue weighted by Gasteiger charge is 2.19. The summed E-state index contributed by atoms with van der Waals surface area (Å²) in [4.78, 5) is 24.8. The fourth-order valence-corrected chi connectivity index (χ4v) is 3.39. The molecule has 0 amide bonds. The number of ether oxygens (including phenoxy) is 1. The fraction of sp³-hybridized carbons (Fsp3) is 0.167. The average Bonchev–Trinajstić information content (AvgIpc) is 2.74. The van der Waals surface area contributed by atoms with Crippen LogP contribution in [0.15, 0.2) is 75.6 Å². The molecule has 0 unspecified atom stereocenters. The Kier molecular flexibility index (Phi) is 5.29. The number of hydrogen-bond acceptors (Lipinski definition) is 5. The lowest BCUT2D eigenvalue weighted by Crippen LogP contribution is -2.16. The van der Waals surface area contributed by atoms with Gasteiger partial charge < -0.3 is 14.5 Å². The second kappa shape index (κ2) is 8.19. The van der Waals surface area contributed by atoms with E-state index in [1.54, 1.807) is 25.1 Å². The molecular formula is C24H21NO4. The quantitative estimate of drug-likeness (QED) is 0.632. The summed E-state index contributed by atoms with van der Waals surface area (Å²) < 4.78 is 11.2. The smallest absolute Gasteiger partial charge is 0.340 e. The van der Waals surface area contributed by atoms with E-state index in [0.29, 0.717) is 47.8 Å². The van der Waals surface area contributed by atoms with E-state index in [0.717, 1.165) is 11.3 Å². The summed E-state index contributed by atoms with van der Waals surface area (Å²) in [7, 11) is 0. The Hall–Kier alpha value is -3.60. The van der Waals surface area contributed by atoms with Crippen LogP contribution in [0.1, 0.15) is 35.0 Å². The molecule has 4 rings (SSSR count). The number of benzene rings is 2. The lowest BCUT2D eigenvalue weighted by atomic mass is 9.99. The Morgan fingerprint density at radius 2 is 1.83 bits per heavy atom. The van der Waals surface area contributed by atoms with E-state index in [9.17, 15) is 9.59 Å². The third-order valence-electron chi connectivity index (χ3n) is 4.80. The summed E-state index contributed by atoms with van der Waals surface area (Å²) in [6.45, 7) is 2.09. The molecule has 3 aromatic rings. The van der Waals surface area contributed by atoms with Crippen molar-refractivity contribution in [3.8, 4) is 11.3 Å². The number of carbonyl (C=O) groups excluding carboxylic acids is 1. The van der Waals surface area contributed by atoms with Crippen LogP contribution in [-0.4, -0.2) is 12.6 Å². The molecule has 146 valence electrons. The van der Waals surface area contributed by atoms with Gasteiger partial charge in [-0.3, -0.25) is 4.79 Å². The molecule has 29 heavy (non-hydrogen) atoms. The largest absolute Gasteiger partial charge is 0.462 e. The van der Waals surface area contributed by atoms with Crippen LogP contribution < -0.4 is 10.7 Å². The number of allylic oxidation sites excluding steroid dienone is 1. The maximum atomic E-state index is 12.6. The molecule has 0 saturated carbocycles. The minimum atomic E-state index is -0.370. The summed E-state index contributed by atoms with van der Waals surface area (Å²) in [5.74, 6) is 0.725. The van der Waals surface area contributed by atoms with Crippen molar-refractivity contribution in [2.24, 2.45) is 0 Å². The van der Waals surface area contributed by atoms with Crippen molar-refractivity contribution < 1.29 is 13.9 Å². The summed E-state index contributed by atoms with van der Waals surface area (Å²) in [6.07, 6.45) is 3.07. The molecule has 1 aromatic heterocycles. The molecule has 0 aliphatic heterocycles. The predicted molar refractivity (Wildman–Crippen MR) is 113 cm³/mol. The van der Waals surface area contributed by atoms with Crippen LogP contribution in [-0.2, 0) is 11.2 Å². The number of nitrogens with one attached hydrogen (secondary N) is 1. The van der Waals surface area contributed by atoms with Gasteiger partial charge in [-0.15, -0.1) is 0 Å². The van der Waals surface area contributed by atoms with Gasteiger partial charge in [0.2, 0.25) is 0 Å². The minimum Gasteiger partial charge on any atom is -0.462 e. The van der Waals surface area contributed by atoms with Crippen molar-refractivity contribution in [3.63, 3.8) is 0 Å². The summed E-state index contributed by atoms with van der Waals surface area (Å²) >= 11 is 0. The zero-order valence-corrected chi connectivity index (χ0v) is 16.1. The molecule has 0 fully saturated rings. The number of hydrogen-bond donors (Lipinski definition) is 1. The molecule has 0 bridgehead atoms. The average molecular weight is 387 g/mol. The van der Waals surface area contributed by atoms with Crippen molar-refractivity contribution in [2.45, 2.75) is 19.8 Å². The number of esters is 1. The monoisotopic (exact) mass is 387 g/mol. The zero-order chi connectivity index (χ0) is 20.2. The van der Waals surface area contributed by atoms with Crippen molar-refractivity contribution >= 4 is 17.7 Å². The second-order valence-corrected chi connectivity index (χ2v) is 6.74. The topological polar surface area (TPSA) is 68.5 Å². The number of anilines is 1. The van der Waals surface area contributed by atoms with Gasteiger partial charge in [-0.2, -0.15) is 0 Å². The van der Waals surface area contributed by atoms with Gasteiger partial charge in [-0.05, 0) is 31.9 Å². The first-order valence-corrected chi connectivity index (χ1v) is 9.62. The Bertz CT molecular complexity index is 1130. The van der Waals surface area contributed by atoms with E-state index < -0.39 is 0 Å². The fourth-order valence-electron chi connectivity index (χ4n) is 3.39. The SMILES string of the molecule is CCOC(=O)c1ccccc1NC1=Cc2oc(-c3ccccc3)cc(=O)c2CC1. The second-order valence-electron chi connectivity index (χ2n) is 6.74. The molecule has 5 nitrogen and oxygen atoms in total. The van der Waals surface area contributed by atoms with E-state index >= 15 is 0 Å². The van der Waals surface area contributed by atoms with Gasteiger partial charge in [0, 0.05) is 29.0 Å². The van der Waals surface area contributed by atoms with E-state index in [1.807, 2.05) is 48.5 Å². The Morgan fingerprint density at radius 3 is 2.62 bits per heavy atom. The Balaban J connectivity index is 1.67. The van der Waals surface area contributed by atoms with Crippen LogP contribution in [0.4, 0.5) is 5.69 Å². The lowest BCUT2D eigenvalue weighted by molar-refractivity contribution is 0.0527. The van der Waals surface area contributed by atoms with E-state index in [4.69, 9.17) is 9.15 Å². The third-order valence-corrected chi connectivity index (χ3v) is 4.80. The predicted octanol–water partition coefficient (Wildman–Crippen LogP) is 4.88. The zero-order valence-electron chi connectivity index (χ0n) is 16.1. The van der Waals surface area contributed by atoms with Gasteiger partial charge >= 0.3 is 5.97 Å². The van der Waals surface area contributed by atoms with Gasteiger partial charge in [-0.1, -0.05) is 42.5 Å². The number of fused-ring (bicyclic) bond motifs is 1. The van der Waals surface area contributed by atoms with E-state index in [1.165, 1.54) is 0 Å². The van der Waals surface area contributed by atoms with Crippen LogP contribution >= 0.6 is 0 Å². The van der Waals surface area contributed by atoms with Crippen LogP contribution in [0.3, 0.4) is 0 Å². The molecule has 1 aliphatic rings. The maximum absolute atomic E-state index is 12.6. The molecule has 2 aromatic carbocycles. The Labute approximate surface area is 168 Å². The van der Waals surface area contributed by atoms with Gasteiger partial charge in [0.15, 0.2) is 5.43 Å². The van der Waals surface area contributed by atoms with Gasteiger partial charge in [0.25, 0.3) is 0 Å². The van der Waals surface area contributed by atoms with Gasteiger partial charge in [-0.25, -0.2) is 4.79 Å². The van der Waals surface area contributed by atoms with Crippen molar-refractivity contribution in [3.05, 3.63) is 93.5 Å². The number of rotatable bonds is 5. The summed E-state index contributed by atoms with van der Waals surface area (Å²) in [5, 5.41) is 3.31. The normalized spacial score (nSPS) is 12.7. The molecule has 1 N–H and O–H groups in total. The van der Waals surface area contributed by atoms with Crippen LogP contribution in [0.25, 0.3) is 17.4 Å². The molecule has 1 aliphatic carbocycles. The molecule has 0 saturated heterocycles. The van der Waals surface area contributed by atoms with E-state index in [2.05, 4.69) is 5.32 Å². The highest BCUT2D eigenvalue weighted by Crippen LogP contribution is 2.28. The molecule has 5 heteroatoms. The van der Waals surface area contributed by atoms with Crippen molar-refractivity contribution in [1.29, 1.82) is 0 Å². The highest BCUT2D eigenvalue weighted by atomic mass is 16.5. The third kappa shape index (κ3) is 3.99. The molecule has 0 radical (unpaired) electrons. The summed E-state index contributed by atoms with van der Waals surface area (Å²) in [5.41, 5.74) is 3.53. The lowest BCUT2D eigenvalue weighted by Gasteiger charge is -2.19. The van der Waals surface area contributed by atoms with Crippen LogP contribution in [0.5, 0.6) is 0 Å². The molecule has 0 atom stereocenters. The maximum Gasteiger partial charge on any atom is 0.340 e. The molecule has 1 heterocycles. The van der Waals surface area contributed by atoms with E-state index in [-0.39, 0.29) is 11.4 Å². The van der Waals surface area contributed by atoms with Crippen LogP contribution in [0.2, 0.25) is 0 Å². The number of para-hydroxylation sites is 1. The van der Waals surface area contributed by atoms with Gasteiger partial charge in [0.1, 0.15) is 11.5 Å². The summed E-state index contributed by atoms with van der Waals surface area (Å²) in [6, 6.07) is 18.3. The first-order chi connectivity index (χ1) is 14.2. The first-order valence-electron chi connectivity index (χ1n) is 9.62. The van der Waals surface area contributed by atoms with Crippen molar-refractivity contribution in [1.82, 2.24) is 0 Å². The highest BCUT2D eigenvalue weighted by molar-refractivity contribution is 5.96. The standard InChI is InChI=1S/C24H21NO4/c1-2-28-24(27)18-10-6-7-11-20(18)25-17-12-13-19-21(26)15-22(29-23(19)14-17)16-8-4-3-5-9-16/h3-11,14-15,25H,2,12-13H2,1H3. The van der Waals surface area contributed by atoms with Gasteiger partial charge in [0.05, 0.1) is 17.9 Å².